The first-order valence-electron chi connectivity index (χ1n) is 5.15. The van der Waals surface area contributed by atoms with E-state index in [9.17, 15) is 8.42 Å². The summed E-state index contributed by atoms with van der Waals surface area (Å²) in [6.07, 6.45) is 1.30. The molecule has 1 aromatic carbocycles. The van der Waals surface area contributed by atoms with Gasteiger partial charge in [0.2, 0.25) is 9.84 Å². The van der Waals surface area contributed by atoms with Crippen molar-refractivity contribution in [3.8, 4) is 0 Å². The number of hydrogen-bond donors (Lipinski definition) is 0. The second-order valence-corrected chi connectivity index (χ2v) is 5.85. The number of hydrogen-bond acceptors (Lipinski definition) is 3. The fourth-order valence-electron chi connectivity index (χ4n) is 1.70. The average molecular weight is 238 g/mol. The lowest BCUT2D eigenvalue weighted by Gasteiger charge is -2.10. The molecule has 1 aliphatic rings. The van der Waals surface area contributed by atoms with Gasteiger partial charge in [-0.05, 0) is 32.1 Å². The molecule has 0 aliphatic carbocycles. The molecule has 3 nitrogen and oxygen atoms in total. The zero-order valence-corrected chi connectivity index (χ0v) is 10.1. The molecule has 0 saturated carbocycles. The largest absolute Gasteiger partial charge is 0.369 e. The van der Waals surface area contributed by atoms with Crippen molar-refractivity contribution < 1.29 is 13.2 Å². The molecule has 0 spiro atoms. The van der Waals surface area contributed by atoms with Crippen molar-refractivity contribution in [3.63, 3.8) is 0 Å². The summed E-state index contributed by atoms with van der Waals surface area (Å²) in [7, 11) is -3.37. The third-order valence-corrected chi connectivity index (χ3v) is 4.68. The van der Waals surface area contributed by atoms with E-state index in [2.05, 4.69) is 0 Å². The van der Waals surface area contributed by atoms with Crippen LogP contribution in [0.1, 0.15) is 12.5 Å². The molecule has 4 heteroatoms. The van der Waals surface area contributed by atoms with Gasteiger partial charge in [-0.1, -0.05) is 17.7 Å². The van der Waals surface area contributed by atoms with E-state index in [-0.39, 0.29) is 6.10 Å². The van der Waals surface area contributed by atoms with E-state index in [4.69, 9.17) is 4.74 Å². The molecule has 0 aromatic heterocycles. The third-order valence-electron chi connectivity index (χ3n) is 2.67. The Labute approximate surface area is 95.7 Å². The molecule has 0 amide bonds. The van der Waals surface area contributed by atoms with Crippen LogP contribution < -0.4 is 0 Å². The Hall–Kier alpha value is -1.13. The number of rotatable bonds is 2. The molecule has 1 aliphatic heterocycles. The first-order valence-corrected chi connectivity index (χ1v) is 6.63. The monoisotopic (exact) mass is 238 g/mol. The highest BCUT2D eigenvalue weighted by atomic mass is 32.2. The first-order chi connectivity index (χ1) is 7.51. The van der Waals surface area contributed by atoms with E-state index < -0.39 is 9.84 Å². The van der Waals surface area contributed by atoms with Gasteiger partial charge in [0.1, 0.15) is 0 Å². The van der Waals surface area contributed by atoms with Gasteiger partial charge in [0.15, 0.2) is 0 Å². The molecular weight excluding hydrogens is 224 g/mol. The highest BCUT2D eigenvalue weighted by molar-refractivity contribution is 7.95. The van der Waals surface area contributed by atoms with E-state index in [1.165, 1.54) is 0 Å². The van der Waals surface area contributed by atoms with Gasteiger partial charge in [-0.2, -0.15) is 0 Å². The second kappa shape index (κ2) is 4.03. The van der Waals surface area contributed by atoms with E-state index >= 15 is 0 Å². The minimum Gasteiger partial charge on any atom is -0.369 e. The van der Waals surface area contributed by atoms with E-state index in [1.807, 2.05) is 6.92 Å². The smallest absolute Gasteiger partial charge is 0.205 e. The van der Waals surface area contributed by atoms with Crippen molar-refractivity contribution in [2.45, 2.75) is 24.8 Å². The number of ether oxygens (including phenoxy) is 1. The van der Waals surface area contributed by atoms with E-state index in [0.717, 1.165) is 5.56 Å². The highest BCUT2D eigenvalue weighted by Crippen LogP contribution is 2.26. The lowest BCUT2D eigenvalue weighted by Crippen LogP contribution is -2.13. The summed E-state index contributed by atoms with van der Waals surface area (Å²) >= 11 is 0. The molecule has 0 radical (unpaired) electrons. The second-order valence-electron chi connectivity index (χ2n) is 3.90. The Morgan fingerprint density at radius 1 is 1.25 bits per heavy atom. The Morgan fingerprint density at radius 3 is 2.38 bits per heavy atom. The van der Waals surface area contributed by atoms with Gasteiger partial charge < -0.3 is 4.74 Å². The van der Waals surface area contributed by atoms with Crippen molar-refractivity contribution in [1.29, 1.82) is 0 Å². The molecule has 2 rings (SSSR count). The minimum absolute atomic E-state index is 0.335. The van der Waals surface area contributed by atoms with Crippen LogP contribution in [0.5, 0.6) is 0 Å². The van der Waals surface area contributed by atoms with Crippen LogP contribution in [0.3, 0.4) is 0 Å². The van der Waals surface area contributed by atoms with Gasteiger partial charge in [0, 0.05) is 0 Å². The summed E-state index contributed by atoms with van der Waals surface area (Å²) < 4.78 is 29.6. The Morgan fingerprint density at radius 2 is 1.88 bits per heavy atom. The van der Waals surface area contributed by atoms with Crippen LogP contribution in [0.25, 0.3) is 0 Å². The molecule has 16 heavy (non-hydrogen) atoms. The molecule has 0 unspecified atom stereocenters. The quantitative estimate of drug-likeness (QED) is 0.792. The molecule has 86 valence electrons. The Bertz CT molecular complexity index is 512. The lowest BCUT2D eigenvalue weighted by molar-refractivity contribution is 0.140. The Kier molecular flexibility index (Phi) is 2.86. The summed E-state index contributed by atoms with van der Waals surface area (Å²) in [6.45, 7) is 4.06. The van der Waals surface area contributed by atoms with Crippen LogP contribution in [-0.2, 0) is 14.6 Å². The maximum atomic E-state index is 12.2. The van der Waals surface area contributed by atoms with Crippen LogP contribution in [0.2, 0.25) is 0 Å². The summed E-state index contributed by atoms with van der Waals surface area (Å²) in [5.41, 5.74) is 1.05. The highest BCUT2D eigenvalue weighted by Gasteiger charge is 2.28. The van der Waals surface area contributed by atoms with Crippen LogP contribution >= 0.6 is 0 Å². The minimum atomic E-state index is -3.37. The van der Waals surface area contributed by atoms with Crippen molar-refractivity contribution in [1.82, 2.24) is 0 Å². The fourth-order valence-corrected chi connectivity index (χ4v) is 3.26. The summed E-state index contributed by atoms with van der Waals surface area (Å²) in [6, 6.07) is 6.87. The lowest BCUT2D eigenvalue weighted by atomic mass is 10.2. The van der Waals surface area contributed by atoms with Crippen molar-refractivity contribution in [2.24, 2.45) is 0 Å². The zero-order valence-electron chi connectivity index (χ0n) is 9.30. The van der Waals surface area contributed by atoms with Crippen molar-refractivity contribution in [3.05, 3.63) is 40.8 Å². The Balaban J connectivity index is 2.43. The van der Waals surface area contributed by atoms with Gasteiger partial charge in [-0.3, -0.25) is 0 Å². The van der Waals surface area contributed by atoms with Crippen molar-refractivity contribution >= 4 is 9.84 Å². The summed E-state index contributed by atoms with van der Waals surface area (Å²) in [5.74, 6) is 0. The van der Waals surface area contributed by atoms with Gasteiger partial charge in [-0.25, -0.2) is 8.42 Å². The van der Waals surface area contributed by atoms with Gasteiger partial charge >= 0.3 is 0 Å². The summed E-state index contributed by atoms with van der Waals surface area (Å²) in [5, 5.41) is 0. The van der Waals surface area contributed by atoms with E-state index in [1.54, 1.807) is 37.3 Å². The molecular formula is C12H14O3S. The van der Waals surface area contributed by atoms with Crippen molar-refractivity contribution in [2.75, 3.05) is 6.61 Å². The molecule has 0 N–H and O–H groups in total. The van der Waals surface area contributed by atoms with Crippen LogP contribution in [0.4, 0.5) is 0 Å². The normalized spacial score (nSPS) is 20.9. The van der Waals surface area contributed by atoms with Crippen LogP contribution in [-0.4, -0.2) is 21.1 Å². The van der Waals surface area contributed by atoms with Gasteiger partial charge in [0.05, 0.1) is 22.5 Å². The van der Waals surface area contributed by atoms with Crippen LogP contribution in [0, 0.1) is 6.92 Å². The average Bonchev–Trinajstić information content (AvgIpc) is 2.66. The SMILES string of the molecule is Cc1ccc(S(=O)(=O)C2=CCO[C@@H]2C)cc1. The maximum absolute atomic E-state index is 12.2. The van der Waals surface area contributed by atoms with Gasteiger partial charge in [-0.15, -0.1) is 0 Å². The van der Waals surface area contributed by atoms with E-state index in [0.29, 0.717) is 16.4 Å². The molecule has 1 aromatic rings. The maximum Gasteiger partial charge on any atom is 0.205 e. The standard InChI is InChI=1S/C12H14O3S/c1-9-3-5-11(6-4-9)16(13,14)12-7-8-15-10(12)2/h3-7,10H,8H2,1-2H3/t10-/m1/s1. The van der Waals surface area contributed by atoms with Crippen LogP contribution in [0.15, 0.2) is 40.1 Å². The molecule has 1 atom stereocenters. The zero-order chi connectivity index (χ0) is 11.8. The number of sulfone groups is 1. The predicted molar refractivity (Wildman–Crippen MR) is 61.9 cm³/mol. The van der Waals surface area contributed by atoms with Gasteiger partial charge in [0.25, 0.3) is 0 Å². The first kappa shape index (κ1) is 11.4. The third kappa shape index (κ3) is 1.90. The predicted octanol–water partition coefficient (Wildman–Crippen LogP) is 2.07. The number of aryl methyl sites for hydroxylation is 1. The fraction of sp³-hybridized carbons (Fsp3) is 0.333. The molecule has 0 bridgehead atoms. The molecule has 0 fully saturated rings. The molecule has 0 saturated heterocycles. The summed E-state index contributed by atoms with van der Waals surface area (Å²) in [4.78, 5) is 0.707. The molecule has 1 heterocycles. The number of benzene rings is 1. The topological polar surface area (TPSA) is 43.4 Å².